The summed E-state index contributed by atoms with van der Waals surface area (Å²) >= 11 is 7.53. The molecule has 0 radical (unpaired) electrons. The topological polar surface area (TPSA) is 67.4 Å². The van der Waals surface area contributed by atoms with Gasteiger partial charge < -0.3 is 15.4 Å². The summed E-state index contributed by atoms with van der Waals surface area (Å²) in [6.45, 7) is 0. The van der Waals surface area contributed by atoms with Crippen molar-refractivity contribution in [3.63, 3.8) is 0 Å². The number of benzene rings is 3. The van der Waals surface area contributed by atoms with E-state index in [0.717, 1.165) is 5.75 Å². The van der Waals surface area contributed by atoms with Crippen LogP contribution in [-0.4, -0.2) is 17.6 Å². The zero-order valence-corrected chi connectivity index (χ0v) is 16.8. The monoisotopic (exact) mass is 424 g/mol. The number of carbonyl (C=O) groups excluding carboxylic acids is 2. The number of fused-ring (bicyclic) bond motifs is 2. The fourth-order valence-electron chi connectivity index (χ4n) is 2.90. The van der Waals surface area contributed by atoms with Crippen LogP contribution < -0.4 is 15.4 Å². The Bertz CT molecular complexity index is 1070. The normalized spacial score (nSPS) is 12.1. The number of hydrogen-bond donors (Lipinski definition) is 2. The second-order valence-corrected chi connectivity index (χ2v) is 7.86. The summed E-state index contributed by atoms with van der Waals surface area (Å²) in [6.07, 6.45) is 0. The fourth-order valence-corrected chi connectivity index (χ4v) is 3.86. The maximum Gasteiger partial charge on any atom is 0.259 e. The minimum atomic E-state index is -0.324. The van der Waals surface area contributed by atoms with Crippen LogP contribution in [0.15, 0.2) is 66.7 Å². The Hall–Kier alpha value is -2.96. The molecule has 3 aromatic rings. The van der Waals surface area contributed by atoms with E-state index < -0.39 is 0 Å². The van der Waals surface area contributed by atoms with E-state index in [9.17, 15) is 9.59 Å². The van der Waals surface area contributed by atoms with Gasteiger partial charge >= 0.3 is 0 Å². The van der Waals surface area contributed by atoms with E-state index in [-0.39, 0.29) is 11.8 Å². The molecule has 0 spiro atoms. The van der Waals surface area contributed by atoms with Gasteiger partial charge in [0.15, 0.2) is 5.75 Å². The number of carbonyl (C=O) groups is 2. The SMILES string of the molecule is O=C(CSCc1ccccc1)Nc1ccc2c(c1)C(=O)Nc1cc(Cl)ccc1O2. The molecule has 0 saturated carbocycles. The van der Waals surface area contributed by atoms with Crippen LogP contribution in [0.1, 0.15) is 15.9 Å². The van der Waals surface area contributed by atoms with Gasteiger partial charge in [-0.2, -0.15) is 0 Å². The van der Waals surface area contributed by atoms with Crippen molar-refractivity contribution in [3.8, 4) is 11.5 Å². The Labute approximate surface area is 177 Å². The predicted octanol–water partition coefficient (Wildman–Crippen LogP) is 5.57. The Balaban J connectivity index is 1.42. The Morgan fingerprint density at radius 3 is 2.66 bits per heavy atom. The molecule has 29 heavy (non-hydrogen) atoms. The van der Waals surface area contributed by atoms with E-state index in [1.165, 1.54) is 17.3 Å². The van der Waals surface area contributed by atoms with Crippen molar-refractivity contribution in [3.05, 3.63) is 82.9 Å². The third-order valence-electron chi connectivity index (χ3n) is 4.26. The van der Waals surface area contributed by atoms with Crippen LogP contribution in [-0.2, 0) is 10.5 Å². The predicted molar refractivity (Wildman–Crippen MR) is 117 cm³/mol. The van der Waals surface area contributed by atoms with Crippen LogP contribution in [0.5, 0.6) is 11.5 Å². The van der Waals surface area contributed by atoms with E-state index in [1.54, 1.807) is 36.4 Å². The lowest BCUT2D eigenvalue weighted by molar-refractivity contribution is -0.113. The van der Waals surface area contributed by atoms with Gasteiger partial charge in [0.05, 0.1) is 17.0 Å². The van der Waals surface area contributed by atoms with Gasteiger partial charge in [0, 0.05) is 16.5 Å². The first-order chi connectivity index (χ1) is 14.1. The summed E-state index contributed by atoms with van der Waals surface area (Å²) in [4.78, 5) is 24.9. The van der Waals surface area contributed by atoms with E-state index in [2.05, 4.69) is 10.6 Å². The van der Waals surface area contributed by atoms with E-state index in [0.29, 0.717) is 39.2 Å². The van der Waals surface area contributed by atoms with Gasteiger partial charge in [-0.15, -0.1) is 11.8 Å². The quantitative estimate of drug-likeness (QED) is 0.561. The summed E-state index contributed by atoms with van der Waals surface area (Å²) < 4.78 is 5.84. The van der Waals surface area contributed by atoms with Crippen molar-refractivity contribution >= 4 is 46.6 Å². The summed E-state index contributed by atoms with van der Waals surface area (Å²) in [5.74, 6) is 1.55. The first kappa shape index (κ1) is 19.4. The van der Waals surface area contributed by atoms with Gasteiger partial charge in [-0.25, -0.2) is 0 Å². The highest BCUT2D eigenvalue weighted by Crippen LogP contribution is 2.37. The van der Waals surface area contributed by atoms with Crippen LogP contribution in [0, 0.1) is 0 Å². The van der Waals surface area contributed by atoms with Crippen LogP contribution >= 0.6 is 23.4 Å². The molecule has 0 bridgehead atoms. The van der Waals surface area contributed by atoms with Gasteiger partial charge in [0.25, 0.3) is 5.91 Å². The van der Waals surface area contributed by atoms with Crippen molar-refractivity contribution in [2.75, 3.05) is 16.4 Å². The molecule has 2 N–H and O–H groups in total. The zero-order chi connectivity index (χ0) is 20.2. The molecule has 0 fully saturated rings. The fraction of sp³-hybridized carbons (Fsp3) is 0.0909. The summed E-state index contributed by atoms with van der Waals surface area (Å²) in [5.41, 5.74) is 2.55. The molecule has 0 saturated heterocycles. The summed E-state index contributed by atoms with van der Waals surface area (Å²) in [7, 11) is 0. The smallest absolute Gasteiger partial charge is 0.259 e. The lowest BCUT2D eigenvalue weighted by atomic mass is 10.1. The molecule has 1 heterocycles. The van der Waals surface area contributed by atoms with Crippen LogP contribution in [0.25, 0.3) is 0 Å². The molecular formula is C22H17ClN2O3S. The molecular weight excluding hydrogens is 408 g/mol. The van der Waals surface area contributed by atoms with Gasteiger partial charge in [0.1, 0.15) is 5.75 Å². The third-order valence-corrected chi connectivity index (χ3v) is 5.50. The number of halogens is 1. The summed E-state index contributed by atoms with van der Waals surface area (Å²) in [6, 6.07) is 20.0. The van der Waals surface area contributed by atoms with E-state index in [4.69, 9.17) is 16.3 Å². The zero-order valence-electron chi connectivity index (χ0n) is 15.3. The lowest BCUT2D eigenvalue weighted by Gasteiger charge is -2.10. The summed E-state index contributed by atoms with van der Waals surface area (Å²) in [5, 5.41) is 6.12. The van der Waals surface area contributed by atoms with Gasteiger partial charge in [-0.3, -0.25) is 9.59 Å². The maximum atomic E-state index is 12.6. The highest BCUT2D eigenvalue weighted by atomic mass is 35.5. The molecule has 0 aliphatic carbocycles. The Morgan fingerprint density at radius 1 is 1.03 bits per heavy atom. The molecule has 4 rings (SSSR count). The lowest BCUT2D eigenvalue weighted by Crippen LogP contribution is -2.15. The van der Waals surface area contributed by atoms with Crippen molar-refractivity contribution < 1.29 is 14.3 Å². The van der Waals surface area contributed by atoms with Crippen LogP contribution in [0.3, 0.4) is 0 Å². The minimum Gasteiger partial charge on any atom is -0.454 e. The van der Waals surface area contributed by atoms with Crippen molar-refractivity contribution in [2.24, 2.45) is 0 Å². The van der Waals surface area contributed by atoms with Crippen molar-refractivity contribution in [1.82, 2.24) is 0 Å². The highest BCUT2D eigenvalue weighted by molar-refractivity contribution is 7.99. The van der Waals surface area contributed by atoms with Crippen LogP contribution in [0.4, 0.5) is 11.4 Å². The molecule has 2 amide bonds. The number of ether oxygens (including phenoxy) is 1. The van der Waals surface area contributed by atoms with Gasteiger partial charge in [0.2, 0.25) is 5.91 Å². The Kier molecular flexibility index (Phi) is 5.74. The molecule has 7 heteroatoms. The minimum absolute atomic E-state index is 0.129. The number of hydrogen-bond acceptors (Lipinski definition) is 4. The van der Waals surface area contributed by atoms with E-state index >= 15 is 0 Å². The molecule has 0 atom stereocenters. The molecule has 5 nitrogen and oxygen atoms in total. The number of nitrogens with one attached hydrogen (secondary N) is 2. The molecule has 0 aromatic heterocycles. The van der Waals surface area contributed by atoms with Gasteiger partial charge in [-0.1, -0.05) is 41.9 Å². The molecule has 146 valence electrons. The molecule has 0 unspecified atom stereocenters. The highest BCUT2D eigenvalue weighted by Gasteiger charge is 2.21. The van der Waals surface area contributed by atoms with E-state index in [1.807, 2.05) is 30.3 Å². The number of thioether (sulfide) groups is 1. The average molecular weight is 425 g/mol. The molecule has 1 aliphatic heterocycles. The second-order valence-electron chi connectivity index (χ2n) is 6.43. The average Bonchev–Trinajstić information content (AvgIpc) is 2.84. The molecule has 3 aromatic carbocycles. The van der Waals surface area contributed by atoms with Crippen molar-refractivity contribution in [1.29, 1.82) is 0 Å². The van der Waals surface area contributed by atoms with Gasteiger partial charge in [-0.05, 0) is 42.0 Å². The molecule has 1 aliphatic rings. The first-order valence-corrected chi connectivity index (χ1v) is 10.5. The largest absolute Gasteiger partial charge is 0.454 e. The first-order valence-electron chi connectivity index (χ1n) is 8.93. The van der Waals surface area contributed by atoms with Crippen molar-refractivity contribution in [2.45, 2.75) is 5.75 Å². The number of amides is 2. The number of anilines is 2. The van der Waals surface area contributed by atoms with Crippen LogP contribution in [0.2, 0.25) is 5.02 Å². The number of rotatable bonds is 5. The Morgan fingerprint density at radius 2 is 1.83 bits per heavy atom. The maximum absolute atomic E-state index is 12.6. The second kappa shape index (κ2) is 8.59. The third kappa shape index (κ3) is 4.72. The standard InChI is InChI=1S/C22H17ClN2O3S/c23-15-6-8-20-18(10-15)25-22(27)17-11-16(7-9-19(17)28-20)24-21(26)13-29-12-14-4-2-1-3-5-14/h1-11H,12-13H2,(H,24,26)(H,25,27).